The molecule has 0 bridgehead atoms. The lowest BCUT2D eigenvalue weighted by atomic mass is 9.41. The Morgan fingerprint density at radius 1 is 1.03 bits per heavy atom. The van der Waals surface area contributed by atoms with E-state index in [0.717, 1.165) is 38.5 Å². The van der Waals surface area contributed by atoms with Crippen LogP contribution in [-0.4, -0.2) is 32.6 Å². The molecule has 4 fully saturated rings. The van der Waals surface area contributed by atoms with Crippen LogP contribution in [0.3, 0.4) is 0 Å². The van der Waals surface area contributed by atoms with Crippen LogP contribution in [0.15, 0.2) is 4.42 Å². The van der Waals surface area contributed by atoms with E-state index >= 15 is 0 Å². The molecule has 1 heterocycles. The molecule has 0 amide bonds. The van der Waals surface area contributed by atoms with Gasteiger partial charge in [-0.2, -0.15) is 0 Å². The van der Waals surface area contributed by atoms with Gasteiger partial charge in [0, 0.05) is 6.42 Å². The lowest BCUT2D eigenvalue weighted by Gasteiger charge is -2.64. The third-order valence-electron chi connectivity index (χ3n) is 11.4. The Balaban J connectivity index is 1.37. The van der Waals surface area contributed by atoms with Crippen LogP contribution in [0.1, 0.15) is 91.4 Å². The number of aliphatic hydroxyl groups is 2. The van der Waals surface area contributed by atoms with E-state index in [9.17, 15) is 10.2 Å². The number of hydrogen-bond acceptors (Lipinski definition) is 6. The van der Waals surface area contributed by atoms with Crippen LogP contribution in [-0.2, 0) is 6.42 Å². The third-order valence-corrected chi connectivity index (χ3v) is 11.4. The van der Waals surface area contributed by atoms with E-state index < -0.39 is 0 Å². The first kappa shape index (κ1) is 23.6. The van der Waals surface area contributed by atoms with Gasteiger partial charge in [-0.3, -0.25) is 0 Å². The van der Waals surface area contributed by atoms with Crippen LogP contribution in [0.4, 0.5) is 6.01 Å². The zero-order valence-corrected chi connectivity index (χ0v) is 21.0. The molecule has 1 aromatic rings. The minimum absolute atomic E-state index is 0.155. The van der Waals surface area contributed by atoms with Crippen molar-refractivity contribution in [2.75, 3.05) is 5.73 Å². The van der Waals surface area contributed by atoms with E-state index in [4.69, 9.17) is 10.2 Å². The highest BCUT2D eigenvalue weighted by molar-refractivity contribution is 5.13. The summed E-state index contributed by atoms with van der Waals surface area (Å²) in [5, 5.41) is 30.2. The van der Waals surface area contributed by atoms with Crippen LogP contribution in [0.5, 0.6) is 0 Å². The van der Waals surface area contributed by atoms with Gasteiger partial charge in [-0.25, -0.2) is 0 Å². The summed E-state index contributed by atoms with van der Waals surface area (Å²) in [4.78, 5) is 0. The van der Waals surface area contributed by atoms with Crippen molar-refractivity contribution in [2.45, 2.75) is 104 Å². The van der Waals surface area contributed by atoms with Crippen LogP contribution >= 0.6 is 0 Å². The molecule has 186 valence electrons. The summed E-state index contributed by atoms with van der Waals surface area (Å²) in [5.41, 5.74) is 6.17. The topological polar surface area (TPSA) is 105 Å². The average molecular weight is 460 g/mol. The Bertz CT molecular complexity index is 844. The third kappa shape index (κ3) is 3.65. The number of fused-ring (bicyclic) bond motifs is 5. The number of aromatic nitrogens is 2. The highest BCUT2D eigenvalue weighted by atomic mass is 16.4. The van der Waals surface area contributed by atoms with Crippen LogP contribution in [0, 0.1) is 52.3 Å². The Morgan fingerprint density at radius 2 is 1.76 bits per heavy atom. The summed E-state index contributed by atoms with van der Waals surface area (Å²) in [7, 11) is 0. The van der Waals surface area contributed by atoms with E-state index in [1.165, 1.54) is 25.7 Å². The molecule has 0 radical (unpaired) electrons. The van der Waals surface area contributed by atoms with Crippen molar-refractivity contribution in [1.82, 2.24) is 10.2 Å². The van der Waals surface area contributed by atoms with Crippen molar-refractivity contribution < 1.29 is 14.6 Å². The van der Waals surface area contributed by atoms with E-state index in [0.29, 0.717) is 52.7 Å². The summed E-state index contributed by atoms with van der Waals surface area (Å²) >= 11 is 0. The maximum Gasteiger partial charge on any atom is 0.312 e. The SMILES string of the molecule is CC[C@H]1[C@@H](O)[C@@H]2[C@H](CC[C@]3(C)[C@@H]([C@H](C)CCc4nnc(N)o4)CC[C@@H]23)[C@@]2(C)CC[C@@H](O)C[C@@H]12. The number of anilines is 1. The fourth-order valence-electron chi connectivity index (χ4n) is 9.85. The maximum atomic E-state index is 11.8. The molecular weight excluding hydrogens is 414 g/mol. The van der Waals surface area contributed by atoms with Crippen LogP contribution in [0.25, 0.3) is 0 Å². The Labute approximate surface area is 199 Å². The van der Waals surface area contributed by atoms with Gasteiger partial charge in [-0.1, -0.05) is 39.2 Å². The van der Waals surface area contributed by atoms with Gasteiger partial charge in [-0.05, 0) is 104 Å². The fourth-order valence-corrected chi connectivity index (χ4v) is 9.85. The molecule has 4 aliphatic carbocycles. The predicted molar refractivity (Wildman–Crippen MR) is 128 cm³/mol. The summed E-state index contributed by atoms with van der Waals surface area (Å²) in [6.07, 6.45) is 10.4. The zero-order chi connectivity index (χ0) is 23.5. The lowest BCUT2D eigenvalue weighted by Crippen LogP contribution is -2.62. The number of hydrogen-bond donors (Lipinski definition) is 3. The maximum absolute atomic E-state index is 11.8. The molecule has 1 aromatic heterocycles. The van der Waals surface area contributed by atoms with Crippen molar-refractivity contribution in [2.24, 2.45) is 52.3 Å². The standard InChI is InChI=1S/C27H45N3O3/c1-5-17-21-14-16(31)10-12-27(21,4)20-11-13-26(3)18(7-8-19(26)23(20)24(17)32)15(2)6-9-22-29-30-25(28)33-22/h15-21,23-24,31-32H,5-14H2,1-4H3,(H2,28,30)/t15-,16-,17-,18-,19+,20+,21+,23+,24-,26-,27-/m1/s1. The molecular formula is C27H45N3O3. The summed E-state index contributed by atoms with van der Waals surface area (Å²) in [5.74, 6) is 4.32. The van der Waals surface area contributed by atoms with Gasteiger partial charge < -0.3 is 20.4 Å². The minimum Gasteiger partial charge on any atom is -0.408 e. The first-order chi connectivity index (χ1) is 15.7. The summed E-state index contributed by atoms with van der Waals surface area (Å²) in [6.45, 7) is 9.71. The average Bonchev–Trinajstić information content (AvgIpc) is 3.36. The second-order valence-electron chi connectivity index (χ2n) is 12.7. The molecule has 33 heavy (non-hydrogen) atoms. The predicted octanol–water partition coefficient (Wildman–Crippen LogP) is 4.85. The van der Waals surface area contributed by atoms with Gasteiger partial charge in [0.05, 0.1) is 12.2 Å². The number of aliphatic hydroxyl groups excluding tert-OH is 2. The molecule has 11 atom stereocenters. The number of nitrogen functional groups attached to an aromatic ring is 1. The van der Waals surface area contributed by atoms with E-state index in [-0.39, 0.29) is 23.6 Å². The Morgan fingerprint density at radius 3 is 2.45 bits per heavy atom. The monoisotopic (exact) mass is 459 g/mol. The van der Waals surface area contributed by atoms with Crippen molar-refractivity contribution >= 4 is 6.01 Å². The first-order valence-electron chi connectivity index (χ1n) is 13.6. The van der Waals surface area contributed by atoms with Gasteiger partial charge in [0.1, 0.15) is 0 Å². The molecule has 0 aromatic carbocycles. The molecule has 6 nitrogen and oxygen atoms in total. The molecule has 0 spiro atoms. The molecule has 4 saturated carbocycles. The molecule has 0 aliphatic heterocycles. The number of rotatable bonds is 5. The molecule has 6 heteroatoms. The molecule has 4 N–H and O–H groups in total. The van der Waals surface area contributed by atoms with Crippen LogP contribution in [0.2, 0.25) is 0 Å². The molecule has 4 aliphatic rings. The minimum atomic E-state index is -0.219. The number of aryl methyl sites for hydroxylation is 1. The number of nitrogens with zero attached hydrogens (tertiary/aromatic N) is 2. The van der Waals surface area contributed by atoms with E-state index in [1.807, 2.05) is 0 Å². The van der Waals surface area contributed by atoms with Crippen molar-refractivity contribution in [3.8, 4) is 0 Å². The first-order valence-corrected chi connectivity index (χ1v) is 13.6. The Hall–Kier alpha value is -1.14. The molecule has 0 unspecified atom stereocenters. The second-order valence-corrected chi connectivity index (χ2v) is 12.7. The van der Waals surface area contributed by atoms with Gasteiger partial charge in [0.25, 0.3) is 0 Å². The largest absolute Gasteiger partial charge is 0.408 e. The summed E-state index contributed by atoms with van der Waals surface area (Å²) < 4.78 is 5.41. The number of nitrogens with two attached hydrogens (primary N) is 1. The smallest absolute Gasteiger partial charge is 0.312 e. The molecule has 5 rings (SSSR count). The Kier molecular flexibility index (Phi) is 6.09. The van der Waals surface area contributed by atoms with Gasteiger partial charge in [0.15, 0.2) is 0 Å². The fraction of sp³-hybridized carbons (Fsp3) is 0.926. The van der Waals surface area contributed by atoms with Crippen molar-refractivity contribution in [3.63, 3.8) is 0 Å². The van der Waals surface area contributed by atoms with E-state index in [2.05, 4.69) is 37.9 Å². The van der Waals surface area contributed by atoms with E-state index in [1.54, 1.807) is 0 Å². The highest BCUT2D eigenvalue weighted by Crippen LogP contribution is 2.69. The van der Waals surface area contributed by atoms with Crippen molar-refractivity contribution in [3.05, 3.63) is 5.89 Å². The van der Waals surface area contributed by atoms with Gasteiger partial charge in [0.2, 0.25) is 5.89 Å². The quantitative estimate of drug-likeness (QED) is 0.581. The second kappa shape index (κ2) is 8.51. The van der Waals surface area contributed by atoms with Gasteiger partial charge >= 0.3 is 6.01 Å². The van der Waals surface area contributed by atoms with Crippen molar-refractivity contribution in [1.29, 1.82) is 0 Å². The zero-order valence-electron chi connectivity index (χ0n) is 21.0. The highest BCUT2D eigenvalue weighted by Gasteiger charge is 2.64. The molecule has 0 saturated heterocycles. The van der Waals surface area contributed by atoms with Gasteiger partial charge in [-0.15, -0.1) is 5.10 Å². The summed E-state index contributed by atoms with van der Waals surface area (Å²) in [6, 6.07) is 0.155. The normalized spacial score (nSPS) is 48.1. The lowest BCUT2D eigenvalue weighted by molar-refractivity contribution is -0.203. The van der Waals surface area contributed by atoms with Crippen LogP contribution < -0.4 is 5.73 Å².